The topological polar surface area (TPSA) is 70.0 Å². The van der Waals surface area contributed by atoms with E-state index in [-0.39, 0.29) is 6.42 Å². The third kappa shape index (κ3) is 4.06. The summed E-state index contributed by atoms with van der Waals surface area (Å²) in [5.74, 6) is -0.147. The number of likely N-dealkylation sites (tertiary alicyclic amines) is 1. The third-order valence-electron chi connectivity index (χ3n) is 3.67. The molecule has 0 amide bonds. The van der Waals surface area contributed by atoms with Crippen molar-refractivity contribution >= 4 is 5.97 Å². The van der Waals surface area contributed by atoms with Gasteiger partial charge in [0, 0.05) is 18.7 Å². The number of carboxylic acid groups (broad SMARTS) is 1. The largest absolute Gasteiger partial charge is 0.489 e. The van der Waals surface area contributed by atoms with E-state index >= 15 is 0 Å². The number of ether oxygens (including phenoxy) is 1. The standard InChI is InChI=1S/C16H21NO4/c1-2-9-21-15-6-4-3-5-12(15)11-17-8-7-13(18)10-14(17)16(19)20/h2-6,13-14,18H,1,7-11H2,(H,19,20)/t13-,14+/m1/s1. The molecule has 2 N–H and O–H groups in total. The Morgan fingerprint density at radius 3 is 2.95 bits per heavy atom. The zero-order chi connectivity index (χ0) is 15.2. The van der Waals surface area contributed by atoms with Crippen LogP contribution in [0.2, 0.25) is 0 Å². The molecule has 2 atom stereocenters. The van der Waals surface area contributed by atoms with Crippen molar-refractivity contribution in [3.8, 4) is 5.75 Å². The molecule has 0 saturated carbocycles. The second-order valence-corrected chi connectivity index (χ2v) is 5.21. The van der Waals surface area contributed by atoms with Gasteiger partial charge in [-0.25, -0.2) is 0 Å². The lowest BCUT2D eigenvalue weighted by atomic mass is 9.98. The normalized spacial score (nSPS) is 22.7. The summed E-state index contributed by atoms with van der Waals surface area (Å²) in [5.41, 5.74) is 0.946. The van der Waals surface area contributed by atoms with Gasteiger partial charge in [-0.05, 0) is 18.9 Å². The lowest BCUT2D eigenvalue weighted by molar-refractivity contribution is -0.147. The van der Waals surface area contributed by atoms with Crippen molar-refractivity contribution in [1.29, 1.82) is 0 Å². The highest BCUT2D eigenvalue weighted by atomic mass is 16.5. The predicted octanol–water partition coefficient (Wildman–Crippen LogP) is 1.66. The van der Waals surface area contributed by atoms with E-state index in [0.717, 1.165) is 11.3 Å². The van der Waals surface area contributed by atoms with Gasteiger partial charge in [-0.2, -0.15) is 0 Å². The van der Waals surface area contributed by atoms with Crippen LogP contribution in [-0.2, 0) is 11.3 Å². The van der Waals surface area contributed by atoms with Crippen LogP contribution in [0, 0.1) is 0 Å². The van der Waals surface area contributed by atoms with Crippen LogP contribution < -0.4 is 4.74 Å². The number of benzene rings is 1. The van der Waals surface area contributed by atoms with E-state index in [2.05, 4.69) is 6.58 Å². The van der Waals surface area contributed by atoms with E-state index in [1.165, 1.54) is 0 Å². The summed E-state index contributed by atoms with van der Waals surface area (Å²) in [6.45, 7) is 5.10. The van der Waals surface area contributed by atoms with Crippen LogP contribution in [0.3, 0.4) is 0 Å². The van der Waals surface area contributed by atoms with Gasteiger partial charge in [-0.1, -0.05) is 30.9 Å². The summed E-state index contributed by atoms with van der Waals surface area (Å²) in [6, 6.07) is 6.94. The Bertz CT molecular complexity index is 503. The molecule has 0 bridgehead atoms. The van der Waals surface area contributed by atoms with Gasteiger partial charge in [0.25, 0.3) is 0 Å². The molecule has 5 nitrogen and oxygen atoms in total. The summed E-state index contributed by atoms with van der Waals surface area (Å²) in [7, 11) is 0. The van der Waals surface area contributed by atoms with E-state index in [9.17, 15) is 15.0 Å². The van der Waals surface area contributed by atoms with E-state index in [1.54, 1.807) is 6.08 Å². The summed E-state index contributed by atoms with van der Waals surface area (Å²) in [4.78, 5) is 13.2. The Hall–Kier alpha value is -1.85. The van der Waals surface area contributed by atoms with Crippen molar-refractivity contribution in [2.45, 2.75) is 31.5 Å². The molecule has 0 aliphatic carbocycles. The van der Waals surface area contributed by atoms with Crippen molar-refractivity contribution in [3.63, 3.8) is 0 Å². The smallest absolute Gasteiger partial charge is 0.321 e. The average Bonchev–Trinajstić information content (AvgIpc) is 2.48. The Kier molecular flexibility index (Phi) is 5.36. The molecule has 1 aromatic carbocycles. The SMILES string of the molecule is C=CCOc1ccccc1CN1CC[C@@H](O)C[C@H]1C(=O)O. The quantitative estimate of drug-likeness (QED) is 0.780. The fourth-order valence-electron chi connectivity index (χ4n) is 2.58. The number of piperidine rings is 1. The number of hydrogen-bond donors (Lipinski definition) is 2. The zero-order valence-electron chi connectivity index (χ0n) is 11.9. The van der Waals surface area contributed by atoms with E-state index < -0.39 is 18.1 Å². The maximum Gasteiger partial charge on any atom is 0.321 e. The number of nitrogens with zero attached hydrogens (tertiary/aromatic N) is 1. The first-order valence-corrected chi connectivity index (χ1v) is 7.08. The van der Waals surface area contributed by atoms with Gasteiger partial charge >= 0.3 is 5.97 Å². The van der Waals surface area contributed by atoms with Crippen LogP contribution in [-0.4, -0.2) is 46.4 Å². The molecule has 1 heterocycles. The second-order valence-electron chi connectivity index (χ2n) is 5.21. The lowest BCUT2D eigenvalue weighted by Gasteiger charge is -2.35. The molecule has 0 spiro atoms. The van der Waals surface area contributed by atoms with E-state index in [1.807, 2.05) is 29.2 Å². The van der Waals surface area contributed by atoms with Crippen molar-refractivity contribution in [1.82, 2.24) is 4.90 Å². The molecular weight excluding hydrogens is 270 g/mol. The maximum atomic E-state index is 11.4. The van der Waals surface area contributed by atoms with Crippen LogP contribution in [0.5, 0.6) is 5.75 Å². The molecule has 1 fully saturated rings. The van der Waals surface area contributed by atoms with Crippen LogP contribution in [0.1, 0.15) is 18.4 Å². The van der Waals surface area contributed by atoms with Crippen molar-refractivity contribution < 1.29 is 19.7 Å². The van der Waals surface area contributed by atoms with Gasteiger partial charge in [0.15, 0.2) is 0 Å². The fourth-order valence-corrected chi connectivity index (χ4v) is 2.58. The Labute approximate surface area is 124 Å². The highest BCUT2D eigenvalue weighted by Crippen LogP contribution is 2.25. The molecule has 21 heavy (non-hydrogen) atoms. The van der Waals surface area contributed by atoms with Gasteiger partial charge in [-0.3, -0.25) is 9.69 Å². The molecule has 5 heteroatoms. The van der Waals surface area contributed by atoms with Gasteiger partial charge in [0.1, 0.15) is 18.4 Å². The van der Waals surface area contributed by atoms with Crippen LogP contribution in [0.4, 0.5) is 0 Å². The van der Waals surface area contributed by atoms with Crippen LogP contribution in [0.25, 0.3) is 0 Å². The number of carboxylic acids is 1. The molecule has 0 radical (unpaired) electrons. The van der Waals surface area contributed by atoms with E-state index in [0.29, 0.717) is 26.1 Å². The molecule has 1 aromatic rings. The number of carbonyl (C=O) groups is 1. The second kappa shape index (κ2) is 7.24. The molecule has 2 rings (SSSR count). The predicted molar refractivity (Wildman–Crippen MR) is 79.2 cm³/mol. The summed E-state index contributed by atoms with van der Waals surface area (Å²) in [6.07, 6.45) is 2.01. The van der Waals surface area contributed by atoms with Crippen LogP contribution >= 0.6 is 0 Å². The molecule has 0 unspecified atom stereocenters. The highest BCUT2D eigenvalue weighted by molar-refractivity contribution is 5.73. The Morgan fingerprint density at radius 1 is 1.48 bits per heavy atom. The van der Waals surface area contributed by atoms with Crippen LogP contribution in [0.15, 0.2) is 36.9 Å². The van der Waals surface area contributed by atoms with Gasteiger partial charge in [0.2, 0.25) is 0 Å². The maximum absolute atomic E-state index is 11.4. The molecule has 1 saturated heterocycles. The minimum Gasteiger partial charge on any atom is -0.489 e. The van der Waals surface area contributed by atoms with Crippen molar-refractivity contribution in [2.24, 2.45) is 0 Å². The number of aliphatic carboxylic acids is 1. The first kappa shape index (κ1) is 15.5. The number of aliphatic hydroxyl groups is 1. The molecule has 114 valence electrons. The minimum absolute atomic E-state index is 0.269. The minimum atomic E-state index is -0.891. The Morgan fingerprint density at radius 2 is 2.24 bits per heavy atom. The zero-order valence-corrected chi connectivity index (χ0v) is 11.9. The van der Waals surface area contributed by atoms with Gasteiger partial charge < -0.3 is 14.9 Å². The third-order valence-corrected chi connectivity index (χ3v) is 3.67. The average molecular weight is 291 g/mol. The van der Waals surface area contributed by atoms with E-state index in [4.69, 9.17) is 4.74 Å². The van der Waals surface area contributed by atoms with Gasteiger partial charge in [0.05, 0.1) is 6.10 Å². The number of rotatable bonds is 6. The molecule has 1 aliphatic heterocycles. The molecule has 1 aliphatic rings. The highest BCUT2D eigenvalue weighted by Gasteiger charge is 2.32. The number of para-hydroxylation sites is 1. The molecule has 0 aromatic heterocycles. The van der Waals surface area contributed by atoms with Crippen molar-refractivity contribution in [3.05, 3.63) is 42.5 Å². The van der Waals surface area contributed by atoms with Crippen molar-refractivity contribution in [2.75, 3.05) is 13.2 Å². The molecular formula is C16H21NO4. The monoisotopic (exact) mass is 291 g/mol. The first-order chi connectivity index (χ1) is 10.1. The first-order valence-electron chi connectivity index (χ1n) is 7.08. The summed E-state index contributed by atoms with van der Waals surface area (Å²) >= 11 is 0. The van der Waals surface area contributed by atoms with Gasteiger partial charge in [-0.15, -0.1) is 0 Å². The number of hydrogen-bond acceptors (Lipinski definition) is 4. The fraction of sp³-hybridized carbons (Fsp3) is 0.438. The Balaban J connectivity index is 2.12. The number of aliphatic hydroxyl groups excluding tert-OH is 1. The summed E-state index contributed by atoms with van der Waals surface area (Å²) in [5, 5.41) is 19.0. The lowest BCUT2D eigenvalue weighted by Crippen LogP contribution is -2.48. The summed E-state index contributed by atoms with van der Waals surface area (Å²) < 4.78 is 5.60.